The molecule has 0 aromatic carbocycles. The molecular formula is C4H12B4N2S2. The van der Waals surface area contributed by atoms with Crippen molar-refractivity contribution in [1.29, 1.82) is 0 Å². The first kappa shape index (κ1) is 9.44. The van der Waals surface area contributed by atoms with Crippen molar-refractivity contribution in [3.8, 4) is 0 Å². The lowest BCUT2D eigenvalue weighted by Gasteiger charge is -2.27. The second-order valence-corrected chi connectivity index (χ2v) is 6.70. The highest BCUT2D eigenvalue weighted by molar-refractivity contribution is 8.50. The Morgan fingerprint density at radius 1 is 0.667 bits per heavy atom. The first-order valence-corrected chi connectivity index (χ1v) is 6.37. The average molecular weight is 196 g/mol. The van der Waals surface area contributed by atoms with Gasteiger partial charge in [-0.1, -0.05) is 27.3 Å². The minimum Gasteiger partial charge on any atom is -0.320 e. The molecule has 0 aliphatic carbocycles. The van der Waals surface area contributed by atoms with Crippen LogP contribution in [-0.4, -0.2) is 34.2 Å². The molecule has 0 unspecified atom stereocenters. The summed E-state index contributed by atoms with van der Waals surface area (Å²) in [6, 6.07) is 0. The third-order valence-electron chi connectivity index (χ3n) is 2.54. The molecule has 2 saturated heterocycles. The van der Waals surface area contributed by atoms with Crippen molar-refractivity contribution in [2.24, 2.45) is 0 Å². The molecule has 0 N–H and O–H groups in total. The molecule has 8 heteroatoms. The number of hydrazine groups is 1. The van der Waals surface area contributed by atoms with Crippen molar-refractivity contribution in [1.82, 2.24) is 9.66 Å². The van der Waals surface area contributed by atoms with Gasteiger partial charge in [0.05, 0.1) is 0 Å². The van der Waals surface area contributed by atoms with Crippen LogP contribution in [0.3, 0.4) is 0 Å². The Morgan fingerprint density at radius 2 is 0.917 bits per heavy atom. The average Bonchev–Trinajstić information content (AvgIpc) is 2.38. The lowest BCUT2D eigenvalue weighted by molar-refractivity contribution is 0.430. The van der Waals surface area contributed by atoms with Gasteiger partial charge in [0.2, 0.25) is 0 Å². The zero-order valence-electron chi connectivity index (χ0n) is 8.02. The van der Waals surface area contributed by atoms with Gasteiger partial charge < -0.3 is 9.66 Å². The Kier molecular flexibility index (Phi) is 2.54. The molecule has 2 rings (SSSR count). The van der Waals surface area contributed by atoms with Crippen LogP contribution in [0.15, 0.2) is 0 Å². The molecule has 0 saturated carbocycles. The number of fused-ring (bicyclic) bond motifs is 1. The largest absolute Gasteiger partial charge is 0.320 e. The second-order valence-electron chi connectivity index (χ2n) is 3.43. The summed E-state index contributed by atoms with van der Waals surface area (Å²) in [6.45, 7) is 9.21. The Balaban J connectivity index is 2.20. The van der Waals surface area contributed by atoms with Crippen LogP contribution in [0.4, 0.5) is 0 Å². The van der Waals surface area contributed by atoms with Crippen molar-refractivity contribution >= 4 is 47.4 Å². The Morgan fingerprint density at radius 3 is 1.17 bits per heavy atom. The Bertz CT molecular complexity index is 160. The summed E-state index contributed by atoms with van der Waals surface area (Å²) in [4.78, 5) is 5.04. The monoisotopic (exact) mass is 196 g/mol. The summed E-state index contributed by atoms with van der Waals surface area (Å²) in [6.07, 6.45) is 2.64. The van der Waals surface area contributed by atoms with E-state index in [-0.39, 0.29) is 0 Å². The van der Waals surface area contributed by atoms with E-state index < -0.39 is 0 Å². The van der Waals surface area contributed by atoms with Crippen molar-refractivity contribution < 1.29 is 0 Å². The van der Waals surface area contributed by atoms with Gasteiger partial charge in [-0.15, -0.1) is 0 Å². The van der Waals surface area contributed by atoms with Crippen LogP contribution in [0.25, 0.3) is 0 Å². The predicted octanol–water partition coefficient (Wildman–Crippen LogP) is 1.47. The summed E-state index contributed by atoms with van der Waals surface area (Å²) in [5.74, 6) is 0. The highest BCUT2D eigenvalue weighted by Crippen LogP contribution is 2.40. The standard InChI is InChI=1S/C4H12B4N2S2/c1-5-9-6(2)12-8(4)10(9)7(3)11-5/h1-4H3. The molecular weight excluding hydrogens is 183 g/mol. The van der Waals surface area contributed by atoms with Crippen molar-refractivity contribution in [3.63, 3.8) is 0 Å². The minimum absolute atomic E-state index is 0.660. The lowest BCUT2D eigenvalue weighted by Crippen LogP contribution is -2.48. The van der Waals surface area contributed by atoms with Gasteiger partial charge in [-0.05, 0) is 0 Å². The number of hydrogen-bond acceptors (Lipinski definition) is 4. The van der Waals surface area contributed by atoms with E-state index in [9.17, 15) is 0 Å². The molecule has 0 amide bonds. The van der Waals surface area contributed by atoms with Crippen LogP contribution in [0.5, 0.6) is 0 Å². The third kappa shape index (κ3) is 1.27. The molecule has 0 spiro atoms. The van der Waals surface area contributed by atoms with Gasteiger partial charge in [0, 0.05) is 0 Å². The lowest BCUT2D eigenvalue weighted by atomic mass is 9.75. The fourth-order valence-electron chi connectivity index (χ4n) is 2.16. The van der Waals surface area contributed by atoms with E-state index in [1.807, 2.05) is 0 Å². The maximum Gasteiger partial charge on any atom is 0.280 e. The van der Waals surface area contributed by atoms with Crippen LogP contribution < -0.4 is 0 Å². The molecule has 12 heavy (non-hydrogen) atoms. The summed E-state index contributed by atoms with van der Waals surface area (Å²) in [5.41, 5.74) is 0. The topological polar surface area (TPSA) is 6.48 Å². The van der Waals surface area contributed by atoms with E-state index in [2.05, 4.69) is 59.9 Å². The zero-order valence-corrected chi connectivity index (χ0v) is 9.65. The van der Waals surface area contributed by atoms with Crippen LogP contribution in [-0.2, 0) is 0 Å². The molecule has 2 nitrogen and oxygen atoms in total. The number of rotatable bonds is 0. The van der Waals surface area contributed by atoms with Crippen LogP contribution in [0.1, 0.15) is 0 Å². The maximum atomic E-state index is 2.52. The van der Waals surface area contributed by atoms with Crippen molar-refractivity contribution in [2.75, 3.05) is 0 Å². The normalized spacial score (nSPS) is 26.0. The quantitative estimate of drug-likeness (QED) is 0.540. The highest BCUT2D eigenvalue weighted by Gasteiger charge is 2.51. The van der Waals surface area contributed by atoms with Gasteiger partial charge in [0.25, 0.3) is 24.5 Å². The molecule has 0 atom stereocenters. The molecule has 2 heterocycles. The van der Waals surface area contributed by atoms with Crippen LogP contribution in [0, 0.1) is 0 Å². The van der Waals surface area contributed by atoms with Gasteiger partial charge in [0.15, 0.2) is 0 Å². The Labute approximate surface area is 84.5 Å². The SMILES string of the molecule is CB1SB(C)N2B(C)SB(C)N12. The fourth-order valence-corrected chi connectivity index (χ4v) is 5.12. The first-order valence-electron chi connectivity index (χ1n) is 4.49. The molecule has 2 aliphatic heterocycles. The van der Waals surface area contributed by atoms with Crippen LogP contribution in [0.2, 0.25) is 27.3 Å². The van der Waals surface area contributed by atoms with Crippen molar-refractivity contribution in [3.05, 3.63) is 0 Å². The van der Waals surface area contributed by atoms with E-state index in [1.165, 1.54) is 0 Å². The first-order chi connectivity index (χ1) is 5.61. The zero-order chi connectivity index (χ0) is 8.88. The van der Waals surface area contributed by atoms with E-state index in [0.29, 0.717) is 24.5 Å². The van der Waals surface area contributed by atoms with Gasteiger partial charge in [-0.2, -0.15) is 0 Å². The Hall–Kier alpha value is 0.880. The van der Waals surface area contributed by atoms with E-state index in [1.54, 1.807) is 0 Å². The summed E-state index contributed by atoms with van der Waals surface area (Å²) < 4.78 is 0. The van der Waals surface area contributed by atoms with E-state index >= 15 is 0 Å². The van der Waals surface area contributed by atoms with E-state index in [4.69, 9.17) is 0 Å². The van der Waals surface area contributed by atoms with Gasteiger partial charge in [-0.3, -0.25) is 0 Å². The predicted molar refractivity (Wildman–Crippen MR) is 65.3 cm³/mol. The smallest absolute Gasteiger partial charge is 0.280 e. The molecule has 0 radical (unpaired) electrons. The van der Waals surface area contributed by atoms with Gasteiger partial charge in [-0.25, -0.2) is 22.9 Å². The molecule has 0 bridgehead atoms. The molecule has 0 aromatic rings. The van der Waals surface area contributed by atoms with E-state index in [0.717, 1.165) is 0 Å². The minimum atomic E-state index is 0.660. The fraction of sp³-hybridized carbons (Fsp3) is 1.00. The number of hydrogen-bond donors (Lipinski definition) is 0. The molecule has 2 aliphatic rings. The van der Waals surface area contributed by atoms with Crippen molar-refractivity contribution in [2.45, 2.75) is 27.3 Å². The van der Waals surface area contributed by atoms with Gasteiger partial charge in [0.1, 0.15) is 0 Å². The molecule has 62 valence electrons. The molecule has 0 aromatic heterocycles. The summed E-state index contributed by atoms with van der Waals surface area (Å²) >= 11 is 4.12. The maximum absolute atomic E-state index is 2.52. The van der Waals surface area contributed by atoms with Gasteiger partial charge >= 0.3 is 0 Å². The summed E-state index contributed by atoms with van der Waals surface area (Å²) in [7, 11) is 0. The summed E-state index contributed by atoms with van der Waals surface area (Å²) in [5, 5.41) is 0. The van der Waals surface area contributed by atoms with Crippen LogP contribution >= 0.6 is 22.9 Å². The highest BCUT2D eigenvalue weighted by atomic mass is 32.2. The number of nitrogens with zero attached hydrogens (tertiary/aromatic N) is 2. The second kappa shape index (κ2) is 3.23. The molecule has 2 fully saturated rings. The third-order valence-corrected chi connectivity index (χ3v) is 4.98.